The first-order valence-corrected chi connectivity index (χ1v) is 15.0. The predicted octanol–water partition coefficient (Wildman–Crippen LogP) is 6.07. The summed E-state index contributed by atoms with van der Waals surface area (Å²) in [5.74, 6) is 0.484. The van der Waals surface area contributed by atoms with E-state index in [1.807, 2.05) is 42.8 Å². The van der Waals surface area contributed by atoms with Crippen LogP contribution in [-0.4, -0.2) is 59.0 Å². The maximum absolute atomic E-state index is 13.0. The fourth-order valence-corrected chi connectivity index (χ4v) is 5.71. The molecule has 0 spiro atoms. The van der Waals surface area contributed by atoms with Crippen LogP contribution in [-0.2, 0) is 16.6 Å². The Hall–Kier alpha value is -3.54. The lowest BCUT2D eigenvalue weighted by molar-refractivity contribution is -0.124. The minimum atomic E-state index is -0.288. The summed E-state index contributed by atoms with van der Waals surface area (Å²) in [5.41, 5.74) is 3.56. The molecule has 1 saturated carbocycles. The Morgan fingerprint density at radius 3 is 2.54 bits per heavy atom. The van der Waals surface area contributed by atoms with Gasteiger partial charge in [-0.05, 0) is 74.2 Å². The van der Waals surface area contributed by atoms with Crippen LogP contribution >= 0.6 is 0 Å². The van der Waals surface area contributed by atoms with Gasteiger partial charge in [-0.15, -0.1) is 0 Å². The van der Waals surface area contributed by atoms with Crippen molar-refractivity contribution in [3.05, 3.63) is 59.2 Å². The Morgan fingerprint density at radius 2 is 1.83 bits per heavy atom. The Morgan fingerprint density at radius 1 is 1.07 bits per heavy atom. The van der Waals surface area contributed by atoms with E-state index in [0.29, 0.717) is 22.9 Å². The molecule has 2 aliphatic rings. The van der Waals surface area contributed by atoms with Crippen LogP contribution in [0.2, 0.25) is 0 Å². The number of aryl methyl sites for hydroxylation is 1. The summed E-state index contributed by atoms with van der Waals surface area (Å²) in [7, 11) is 1.85. The van der Waals surface area contributed by atoms with E-state index < -0.39 is 0 Å². The SMILES string of the molecule is CC(C(=O)C1CCCCC1)c1ccc2c(c1)nc(NC(=O)c1ccc(C#N)cc1)n2C.CCCN1CCCOCC1. The first-order valence-electron chi connectivity index (χ1n) is 15.0. The zero-order chi connectivity index (χ0) is 29.2. The van der Waals surface area contributed by atoms with Crippen molar-refractivity contribution in [1.29, 1.82) is 5.26 Å². The number of hydrogen-bond donors (Lipinski definition) is 1. The van der Waals surface area contributed by atoms with Gasteiger partial charge in [0.05, 0.1) is 29.3 Å². The summed E-state index contributed by atoms with van der Waals surface area (Å²) in [6.45, 7) is 9.70. The molecule has 1 aliphatic heterocycles. The molecule has 1 unspecified atom stereocenters. The number of fused-ring (bicyclic) bond motifs is 1. The zero-order valence-electron chi connectivity index (χ0n) is 24.7. The average Bonchev–Trinajstić information content (AvgIpc) is 3.15. The average molecular weight is 558 g/mol. The molecule has 2 heterocycles. The molecule has 0 bridgehead atoms. The second-order valence-corrected chi connectivity index (χ2v) is 11.2. The van der Waals surface area contributed by atoms with E-state index in [4.69, 9.17) is 10.00 Å². The molecule has 1 N–H and O–H groups in total. The Bertz CT molecular complexity index is 1340. The molecular weight excluding hydrogens is 514 g/mol. The predicted molar refractivity (Wildman–Crippen MR) is 162 cm³/mol. The lowest BCUT2D eigenvalue weighted by Crippen LogP contribution is -2.26. The molecule has 1 saturated heterocycles. The first-order chi connectivity index (χ1) is 19.9. The number of carbonyl (C=O) groups is 2. The van der Waals surface area contributed by atoms with Crippen molar-refractivity contribution in [2.45, 2.75) is 64.7 Å². The molecule has 2 aromatic carbocycles. The third-order valence-corrected chi connectivity index (χ3v) is 8.20. The van der Waals surface area contributed by atoms with Crippen molar-refractivity contribution >= 4 is 28.7 Å². The quantitative estimate of drug-likeness (QED) is 0.379. The Kier molecular flexibility index (Phi) is 11.1. The van der Waals surface area contributed by atoms with E-state index in [1.54, 1.807) is 24.3 Å². The van der Waals surface area contributed by atoms with E-state index in [0.717, 1.165) is 62.0 Å². The van der Waals surface area contributed by atoms with Gasteiger partial charge in [-0.2, -0.15) is 5.26 Å². The zero-order valence-corrected chi connectivity index (χ0v) is 24.7. The number of amides is 1. The highest BCUT2D eigenvalue weighted by atomic mass is 16.5. The van der Waals surface area contributed by atoms with Crippen LogP contribution in [0.1, 0.15) is 86.2 Å². The summed E-state index contributed by atoms with van der Waals surface area (Å²) in [5, 5.41) is 11.7. The number of ketones is 1. The summed E-state index contributed by atoms with van der Waals surface area (Å²) in [6.07, 6.45) is 7.99. The number of rotatable bonds is 7. The van der Waals surface area contributed by atoms with Gasteiger partial charge in [0, 0.05) is 44.1 Å². The van der Waals surface area contributed by atoms with E-state index in [-0.39, 0.29) is 17.7 Å². The minimum absolute atomic E-state index is 0.161. The molecule has 41 heavy (non-hydrogen) atoms. The maximum atomic E-state index is 13.0. The molecule has 8 heteroatoms. The van der Waals surface area contributed by atoms with Crippen LogP contribution < -0.4 is 5.32 Å². The standard InChI is InChI=1S/C25H26N4O2.C8H17NO/c1-16(23(30)18-6-4-3-5-7-18)20-12-13-22-21(14-20)27-25(29(22)2)28-24(31)19-10-8-17(15-26)9-11-19;1-2-4-9-5-3-7-10-8-6-9/h8-14,16,18H,3-7H2,1-2H3,(H,27,28,31);2-8H2,1H3. The molecular formula is C33H43N5O3. The van der Waals surface area contributed by atoms with Gasteiger partial charge in [-0.1, -0.05) is 39.2 Å². The maximum Gasteiger partial charge on any atom is 0.257 e. The molecule has 2 fully saturated rings. The summed E-state index contributed by atoms with van der Waals surface area (Å²) < 4.78 is 7.16. The lowest BCUT2D eigenvalue weighted by atomic mass is 9.80. The van der Waals surface area contributed by atoms with Gasteiger partial charge in [0.1, 0.15) is 5.78 Å². The first kappa shape index (κ1) is 30.4. The molecule has 1 aromatic heterocycles. The van der Waals surface area contributed by atoms with Gasteiger partial charge in [0.2, 0.25) is 5.95 Å². The van der Waals surface area contributed by atoms with E-state index in [2.05, 4.69) is 22.1 Å². The molecule has 0 radical (unpaired) electrons. The van der Waals surface area contributed by atoms with Crippen LogP contribution in [0.3, 0.4) is 0 Å². The second kappa shape index (κ2) is 14.9. The van der Waals surface area contributed by atoms with Crippen LogP contribution in [0.4, 0.5) is 5.95 Å². The smallest absolute Gasteiger partial charge is 0.257 e. The summed E-state index contributed by atoms with van der Waals surface area (Å²) in [4.78, 5) is 32.6. The summed E-state index contributed by atoms with van der Waals surface area (Å²) in [6, 6.07) is 14.4. The van der Waals surface area contributed by atoms with Gasteiger partial charge < -0.3 is 14.2 Å². The molecule has 1 aliphatic carbocycles. The van der Waals surface area contributed by atoms with Crippen LogP contribution in [0.5, 0.6) is 0 Å². The summed E-state index contributed by atoms with van der Waals surface area (Å²) >= 11 is 0. The van der Waals surface area contributed by atoms with Gasteiger partial charge in [0.25, 0.3) is 5.91 Å². The fourth-order valence-electron chi connectivity index (χ4n) is 5.71. The highest BCUT2D eigenvalue weighted by Gasteiger charge is 2.27. The molecule has 5 rings (SSSR count). The number of imidazole rings is 1. The number of carbonyl (C=O) groups excluding carboxylic acids is 2. The normalized spacial score (nSPS) is 17.1. The molecule has 1 amide bonds. The van der Waals surface area contributed by atoms with Crippen molar-refractivity contribution < 1.29 is 14.3 Å². The monoisotopic (exact) mass is 557 g/mol. The van der Waals surface area contributed by atoms with Crippen molar-refractivity contribution in [2.24, 2.45) is 13.0 Å². The van der Waals surface area contributed by atoms with E-state index >= 15 is 0 Å². The molecule has 3 aromatic rings. The third-order valence-electron chi connectivity index (χ3n) is 8.20. The van der Waals surface area contributed by atoms with Gasteiger partial charge in [0.15, 0.2) is 0 Å². The highest BCUT2D eigenvalue weighted by molar-refractivity contribution is 6.04. The van der Waals surface area contributed by atoms with Crippen molar-refractivity contribution in [1.82, 2.24) is 14.5 Å². The molecule has 1 atom stereocenters. The molecule has 8 nitrogen and oxygen atoms in total. The number of Topliss-reactive ketones (excluding diaryl/α,β-unsaturated/α-hetero) is 1. The van der Waals surface area contributed by atoms with Crippen molar-refractivity contribution in [3.8, 4) is 6.07 Å². The highest BCUT2D eigenvalue weighted by Crippen LogP contribution is 2.31. The second-order valence-electron chi connectivity index (χ2n) is 11.2. The van der Waals surface area contributed by atoms with E-state index in [1.165, 1.54) is 32.4 Å². The van der Waals surface area contributed by atoms with Crippen LogP contribution in [0.25, 0.3) is 11.0 Å². The van der Waals surface area contributed by atoms with Gasteiger partial charge in [-0.25, -0.2) is 4.98 Å². The largest absolute Gasteiger partial charge is 0.380 e. The van der Waals surface area contributed by atoms with Gasteiger partial charge >= 0.3 is 0 Å². The number of nitrogens with zero attached hydrogens (tertiary/aromatic N) is 4. The Balaban J connectivity index is 0.000000328. The number of nitrogens with one attached hydrogen (secondary N) is 1. The number of anilines is 1. The fraction of sp³-hybridized carbons (Fsp3) is 0.515. The number of aromatic nitrogens is 2. The van der Waals surface area contributed by atoms with E-state index in [9.17, 15) is 9.59 Å². The lowest BCUT2D eigenvalue weighted by Gasteiger charge is -2.23. The third kappa shape index (κ3) is 8.02. The van der Waals surface area contributed by atoms with Gasteiger partial charge in [-0.3, -0.25) is 14.9 Å². The topological polar surface area (TPSA) is 100 Å². The van der Waals surface area contributed by atoms with Crippen molar-refractivity contribution in [2.75, 3.05) is 38.2 Å². The van der Waals surface area contributed by atoms with Crippen LogP contribution in [0.15, 0.2) is 42.5 Å². The Labute approximate surface area is 243 Å². The number of hydrogen-bond acceptors (Lipinski definition) is 6. The minimum Gasteiger partial charge on any atom is -0.380 e. The van der Waals surface area contributed by atoms with Crippen molar-refractivity contribution in [3.63, 3.8) is 0 Å². The van der Waals surface area contributed by atoms with Crippen LogP contribution in [0, 0.1) is 17.2 Å². The molecule has 218 valence electrons. The number of ether oxygens (including phenoxy) is 1. The number of nitriles is 1. The number of benzene rings is 2.